The first-order valence-corrected chi connectivity index (χ1v) is 6.59. The fraction of sp³-hybridized carbons (Fsp3) is 0.235. The molecule has 0 unspecified atom stereocenters. The molecule has 0 aromatic heterocycles. The first-order valence-electron chi connectivity index (χ1n) is 6.59. The van der Waals surface area contributed by atoms with Gasteiger partial charge in [0.1, 0.15) is 17.3 Å². The van der Waals surface area contributed by atoms with Crippen LogP contribution in [0.4, 0.5) is 0 Å². The molecule has 0 spiro atoms. The Kier molecular flexibility index (Phi) is 3.79. The van der Waals surface area contributed by atoms with Crippen LogP contribution in [-0.4, -0.2) is 5.84 Å². The Labute approximate surface area is 119 Å². The van der Waals surface area contributed by atoms with Crippen molar-refractivity contribution in [3.05, 3.63) is 58.1 Å². The summed E-state index contributed by atoms with van der Waals surface area (Å²) in [6.07, 6.45) is 0. The van der Waals surface area contributed by atoms with Crippen molar-refractivity contribution in [1.82, 2.24) is 0 Å². The minimum Gasteiger partial charge on any atom is -0.457 e. The molecule has 3 nitrogen and oxygen atoms in total. The number of ether oxygens (including phenoxy) is 1. The number of nitrogens with one attached hydrogen (secondary N) is 1. The molecule has 0 saturated carbocycles. The van der Waals surface area contributed by atoms with E-state index >= 15 is 0 Å². The predicted molar refractivity (Wildman–Crippen MR) is 82.9 cm³/mol. The van der Waals surface area contributed by atoms with Gasteiger partial charge in [0.15, 0.2) is 0 Å². The molecule has 0 atom stereocenters. The van der Waals surface area contributed by atoms with E-state index in [1.165, 1.54) is 11.1 Å². The zero-order chi connectivity index (χ0) is 14.9. The minimum absolute atomic E-state index is 0.0802. The van der Waals surface area contributed by atoms with Crippen LogP contribution in [0.1, 0.15) is 27.8 Å². The van der Waals surface area contributed by atoms with Gasteiger partial charge in [0.05, 0.1) is 0 Å². The minimum atomic E-state index is 0.0802. The Bertz CT molecular complexity index is 675. The van der Waals surface area contributed by atoms with E-state index in [2.05, 4.69) is 26.8 Å². The standard InChI is InChI=1S/C17H20N2O/c1-10-7-11(2)13(4)16(8-10)20-14-5-6-15(17(18)19)12(3)9-14/h5-9H,1-4H3,(H3,18,19). The highest BCUT2D eigenvalue weighted by Gasteiger charge is 2.07. The number of hydrogen-bond donors (Lipinski definition) is 2. The number of nitrogen functional groups attached to an aromatic ring is 1. The third-order valence-electron chi connectivity index (χ3n) is 3.48. The van der Waals surface area contributed by atoms with E-state index in [9.17, 15) is 0 Å². The van der Waals surface area contributed by atoms with Crippen LogP contribution >= 0.6 is 0 Å². The molecule has 3 heteroatoms. The van der Waals surface area contributed by atoms with Gasteiger partial charge in [0.2, 0.25) is 0 Å². The number of amidine groups is 1. The molecule has 0 radical (unpaired) electrons. The summed E-state index contributed by atoms with van der Waals surface area (Å²) in [5.41, 5.74) is 10.8. The van der Waals surface area contributed by atoms with E-state index in [1.807, 2.05) is 31.2 Å². The lowest BCUT2D eigenvalue weighted by atomic mass is 10.1. The summed E-state index contributed by atoms with van der Waals surface area (Å²) in [6, 6.07) is 9.77. The van der Waals surface area contributed by atoms with Gasteiger partial charge in [-0.1, -0.05) is 6.07 Å². The van der Waals surface area contributed by atoms with Crippen LogP contribution in [-0.2, 0) is 0 Å². The molecule has 2 aromatic carbocycles. The van der Waals surface area contributed by atoms with E-state index in [1.54, 1.807) is 0 Å². The van der Waals surface area contributed by atoms with Crippen molar-refractivity contribution in [2.24, 2.45) is 5.73 Å². The van der Waals surface area contributed by atoms with E-state index in [0.29, 0.717) is 0 Å². The van der Waals surface area contributed by atoms with Crippen molar-refractivity contribution in [3.8, 4) is 11.5 Å². The van der Waals surface area contributed by atoms with Gasteiger partial charge >= 0.3 is 0 Å². The molecule has 2 aromatic rings. The smallest absolute Gasteiger partial charge is 0.130 e. The van der Waals surface area contributed by atoms with Gasteiger partial charge in [-0.25, -0.2) is 0 Å². The first-order chi connectivity index (χ1) is 9.38. The van der Waals surface area contributed by atoms with E-state index in [4.69, 9.17) is 15.9 Å². The van der Waals surface area contributed by atoms with E-state index < -0.39 is 0 Å². The highest BCUT2D eigenvalue weighted by atomic mass is 16.5. The number of rotatable bonds is 3. The second kappa shape index (κ2) is 5.37. The molecule has 3 N–H and O–H groups in total. The normalized spacial score (nSPS) is 10.4. The lowest BCUT2D eigenvalue weighted by molar-refractivity contribution is 0.477. The van der Waals surface area contributed by atoms with Crippen LogP contribution in [0.3, 0.4) is 0 Å². The van der Waals surface area contributed by atoms with Crippen molar-refractivity contribution < 1.29 is 4.74 Å². The van der Waals surface area contributed by atoms with Gasteiger partial charge in [0.25, 0.3) is 0 Å². The maximum absolute atomic E-state index is 7.50. The van der Waals surface area contributed by atoms with Crippen LogP contribution in [0.15, 0.2) is 30.3 Å². The number of aryl methyl sites for hydroxylation is 3. The molecule has 0 aliphatic carbocycles. The average molecular weight is 268 g/mol. The highest BCUT2D eigenvalue weighted by molar-refractivity contribution is 5.96. The second-order valence-corrected chi connectivity index (χ2v) is 5.20. The van der Waals surface area contributed by atoms with Crippen molar-refractivity contribution in [2.45, 2.75) is 27.7 Å². The largest absolute Gasteiger partial charge is 0.457 e. The summed E-state index contributed by atoms with van der Waals surface area (Å²) in [5.74, 6) is 1.72. The summed E-state index contributed by atoms with van der Waals surface area (Å²) in [7, 11) is 0. The molecule has 104 valence electrons. The van der Waals surface area contributed by atoms with Crippen molar-refractivity contribution >= 4 is 5.84 Å². The maximum Gasteiger partial charge on any atom is 0.130 e. The van der Waals surface area contributed by atoms with Gasteiger partial charge < -0.3 is 10.5 Å². The number of hydrogen-bond acceptors (Lipinski definition) is 2. The van der Waals surface area contributed by atoms with Crippen LogP contribution in [0, 0.1) is 33.1 Å². The van der Waals surface area contributed by atoms with Crippen LogP contribution in [0.2, 0.25) is 0 Å². The van der Waals surface area contributed by atoms with Crippen LogP contribution < -0.4 is 10.5 Å². The van der Waals surface area contributed by atoms with E-state index in [-0.39, 0.29) is 5.84 Å². The predicted octanol–water partition coefficient (Wildman–Crippen LogP) is 4.00. The third-order valence-corrected chi connectivity index (χ3v) is 3.48. The van der Waals surface area contributed by atoms with Gasteiger partial charge in [-0.3, -0.25) is 5.41 Å². The number of benzene rings is 2. The topological polar surface area (TPSA) is 59.1 Å². The number of nitrogens with two attached hydrogens (primary N) is 1. The quantitative estimate of drug-likeness (QED) is 0.653. The Morgan fingerprint density at radius 1 is 1.00 bits per heavy atom. The zero-order valence-electron chi connectivity index (χ0n) is 12.4. The lowest BCUT2D eigenvalue weighted by Gasteiger charge is -2.13. The molecule has 0 saturated heterocycles. The molecule has 20 heavy (non-hydrogen) atoms. The van der Waals surface area contributed by atoms with Crippen LogP contribution in [0.25, 0.3) is 0 Å². The summed E-state index contributed by atoms with van der Waals surface area (Å²) >= 11 is 0. The fourth-order valence-corrected chi connectivity index (χ4v) is 2.24. The van der Waals surface area contributed by atoms with Crippen LogP contribution in [0.5, 0.6) is 11.5 Å². The Morgan fingerprint density at radius 3 is 2.30 bits per heavy atom. The highest BCUT2D eigenvalue weighted by Crippen LogP contribution is 2.29. The first kappa shape index (κ1) is 14.1. The Morgan fingerprint density at radius 2 is 1.70 bits per heavy atom. The molecule has 0 heterocycles. The van der Waals surface area contributed by atoms with Gasteiger partial charge in [-0.05, 0) is 74.2 Å². The average Bonchev–Trinajstić information content (AvgIpc) is 2.35. The molecule has 2 rings (SSSR count). The molecule has 0 aliphatic heterocycles. The summed E-state index contributed by atoms with van der Waals surface area (Å²) in [4.78, 5) is 0. The molecule has 0 amide bonds. The second-order valence-electron chi connectivity index (χ2n) is 5.20. The van der Waals surface area contributed by atoms with Crippen molar-refractivity contribution in [2.75, 3.05) is 0 Å². The molecule has 0 bridgehead atoms. The Balaban J connectivity index is 2.36. The van der Waals surface area contributed by atoms with Gasteiger partial charge in [-0.15, -0.1) is 0 Å². The Hall–Kier alpha value is -2.29. The molecule has 0 fully saturated rings. The van der Waals surface area contributed by atoms with Crippen molar-refractivity contribution in [3.63, 3.8) is 0 Å². The lowest BCUT2D eigenvalue weighted by Crippen LogP contribution is -2.12. The fourth-order valence-electron chi connectivity index (χ4n) is 2.24. The summed E-state index contributed by atoms with van der Waals surface area (Å²) in [5, 5.41) is 7.50. The van der Waals surface area contributed by atoms with Gasteiger partial charge in [-0.2, -0.15) is 0 Å². The third kappa shape index (κ3) is 2.82. The monoisotopic (exact) mass is 268 g/mol. The summed E-state index contributed by atoms with van der Waals surface area (Å²) in [6.45, 7) is 8.13. The molecular weight excluding hydrogens is 248 g/mol. The molecule has 0 aliphatic rings. The molecular formula is C17H20N2O. The van der Waals surface area contributed by atoms with Gasteiger partial charge in [0, 0.05) is 5.56 Å². The zero-order valence-corrected chi connectivity index (χ0v) is 12.4. The maximum atomic E-state index is 7.50. The SMILES string of the molecule is Cc1cc(C)c(C)c(Oc2ccc(C(=N)N)c(C)c2)c1. The summed E-state index contributed by atoms with van der Waals surface area (Å²) < 4.78 is 5.98. The van der Waals surface area contributed by atoms with Crippen molar-refractivity contribution in [1.29, 1.82) is 5.41 Å². The van der Waals surface area contributed by atoms with E-state index in [0.717, 1.165) is 28.2 Å².